The number of rotatable bonds is 4. The number of sulfonamides is 1. The van der Waals surface area contributed by atoms with E-state index in [0.29, 0.717) is 5.56 Å². The Hall–Kier alpha value is -3.07. The first-order valence-electron chi connectivity index (χ1n) is 7.12. The summed E-state index contributed by atoms with van der Waals surface area (Å²) in [5.41, 5.74) is 1.14. The Morgan fingerprint density at radius 2 is 2.04 bits per heavy atom. The van der Waals surface area contributed by atoms with Gasteiger partial charge < -0.3 is 14.3 Å². The number of esters is 1. The number of hydrogen-bond acceptors (Lipinski definition) is 7. The van der Waals surface area contributed by atoms with Crippen LogP contribution >= 0.6 is 0 Å². The van der Waals surface area contributed by atoms with E-state index in [-0.39, 0.29) is 5.76 Å². The minimum absolute atomic E-state index is 0.0688. The Labute approximate surface area is 143 Å². The van der Waals surface area contributed by atoms with Crippen molar-refractivity contribution in [3.63, 3.8) is 0 Å². The van der Waals surface area contributed by atoms with Gasteiger partial charge in [-0.15, -0.1) is 0 Å². The molecular weight excluding hydrogens is 348 g/mol. The molecule has 0 fully saturated rings. The van der Waals surface area contributed by atoms with Crippen LogP contribution in [0.1, 0.15) is 6.92 Å². The number of nitrogens with zero attached hydrogens (tertiary/aromatic N) is 1. The van der Waals surface area contributed by atoms with Gasteiger partial charge in [-0.2, -0.15) is 0 Å². The molecule has 3 rings (SSSR count). The minimum Gasteiger partial charge on any atom is -0.502 e. The van der Waals surface area contributed by atoms with Crippen LogP contribution in [0.2, 0.25) is 0 Å². The molecule has 0 aliphatic carbocycles. The van der Waals surface area contributed by atoms with Gasteiger partial charge in [-0.3, -0.25) is 14.5 Å². The van der Waals surface area contributed by atoms with Crippen molar-refractivity contribution in [3.8, 4) is 22.8 Å². The van der Waals surface area contributed by atoms with E-state index >= 15 is 0 Å². The van der Waals surface area contributed by atoms with E-state index in [2.05, 4.69) is 9.71 Å². The van der Waals surface area contributed by atoms with Crippen molar-refractivity contribution in [1.29, 1.82) is 0 Å². The quantitative estimate of drug-likeness (QED) is 0.684. The maximum absolute atomic E-state index is 11.5. The van der Waals surface area contributed by atoms with Gasteiger partial charge in [-0.1, -0.05) is 18.2 Å². The molecule has 0 radical (unpaired) electrons. The summed E-state index contributed by atoms with van der Waals surface area (Å²) >= 11 is 0. The maximum Gasteiger partial charge on any atom is 0.308 e. The minimum atomic E-state index is -3.72. The van der Waals surface area contributed by atoms with E-state index in [4.69, 9.17) is 9.15 Å². The summed E-state index contributed by atoms with van der Waals surface area (Å²) in [6.07, 6.45) is 2.37. The standard InChI is InChI=1S/C16H14N2O6S/c1-9(19)23-15-13(20)14(24-16(15)18-25(2,21)22)11-7-10-5-3-4-6-12(10)17-8-11/h3-8,18,20H,1-2H3. The Balaban J connectivity index is 2.15. The Morgan fingerprint density at radius 3 is 2.72 bits per heavy atom. The molecule has 0 aliphatic heterocycles. The number of anilines is 1. The number of nitrogens with one attached hydrogen (secondary N) is 1. The molecule has 0 saturated heterocycles. The summed E-state index contributed by atoms with van der Waals surface area (Å²) in [6, 6.07) is 9.03. The molecule has 0 spiro atoms. The van der Waals surface area contributed by atoms with Crippen molar-refractivity contribution in [2.45, 2.75) is 6.92 Å². The average Bonchev–Trinajstić information content (AvgIpc) is 2.81. The monoisotopic (exact) mass is 362 g/mol. The highest BCUT2D eigenvalue weighted by molar-refractivity contribution is 7.92. The van der Waals surface area contributed by atoms with E-state index in [1.54, 1.807) is 6.07 Å². The van der Waals surface area contributed by atoms with Gasteiger partial charge in [-0.05, 0) is 12.1 Å². The van der Waals surface area contributed by atoms with Crippen molar-refractivity contribution in [1.82, 2.24) is 4.98 Å². The Morgan fingerprint density at radius 1 is 1.32 bits per heavy atom. The summed E-state index contributed by atoms with van der Waals surface area (Å²) < 4.78 is 35.3. The van der Waals surface area contributed by atoms with Gasteiger partial charge in [0.25, 0.3) is 5.88 Å². The number of hydrogen-bond donors (Lipinski definition) is 2. The molecule has 1 aromatic carbocycles. The molecular formula is C16H14N2O6S. The summed E-state index contributed by atoms with van der Waals surface area (Å²) in [5.74, 6) is -2.10. The zero-order chi connectivity index (χ0) is 18.2. The normalized spacial score (nSPS) is 11.4. The van der Waals surface area contributed by atoms with Crippen molar-refractivity contribution in [2.75, 3.05) is 11.0 Å². The average molecular weight is 362 g/mol. The molecule has 0 saturated carbocycles. The summed E-state index contributed by atoms with van der Waals surface area (Å²) in [7, 11) is -3.72. The number of aromatic nitrogens is 1. The lowest BCUT2D eigenvalue weighted by molar-refractivity contribution is -0.131. The second-order valence-electron chi connectivity index (χ2n) is 5.32. The second kappa shape index (κ2) is 6.10. The van der Waals surface area contributed by atoms with Crippen LogP contribution in [0.5, 0.6) is 11.5 Å². The number of carbonyl (C=O) groups is 1. The highest BCUT2D eigenvalue weighted by Gasteiger charge is 2.26. The fourth-order valence-electron chi connectivity index (χ4n) is 2.27. The molecule has 0 unspecified atom stereocenters. The SMILES string of the molecule is CC(=O)Oc1c(NS(C)(=O)=O)oc(-c2cnc3ccccc3c2)c1O. The summed E-state index contributed by atoms with van der Waals surface area (Å²) in [5, 5.41) is 11.1. The molecule has 130 valence electrons. The van der Waals surface area contributed by atoms with Gasteiger partial charge in [0, 0.05) is 24.1 Å². The number of benzene rings is 1. The zero-order valence-corrected chi connectivity index (χ0v) is 14.1. The number of aromatic hydroxyl groups is 1. The third-order valence-electron chi connectivity index (χ3n) is 3.22. The maximum atomic E-state index is 11.5. The van der Waals surface area contributed by atoms with Crippen LogP contribution < -0.4 is 9.46 Å². The Kier molecular flexibility index (Phi) is 4.09. The van der Waals surface area contributed by atoms with Crippen molar-refractivity contribution < 1.29 is 27.5 Å². The molecule has 2 heterocycles. The number of pyridine rings is 1. The summed E-state index contributed by atoms with van der Waals surface area (Å²) in [4.78, 5) is 15.5. The summed E-state index contributed by atoms with van der Waals surface area (Å²) in [6.45, 7) is 1.12. The van der Waals surface area contributed by atoms with Crippen molar-refractivity contribution in [2.24, 2.45) is 0 Å². The van der Waals surface area contributed by atoms with Gasteiger partial charge in [0.1, 0.15) is 0 Å². The topological polar surface area (TPSA) is 119 Å². The molecule has 2 N–H and O–H groups in total. The number of ether oxygens (including phenoxy) is 1. The lowest BCUT2D eigenvalue weighted by Gasteiger charge is -2.02. The highest BCUT2D eigenvalue weighted by atomic mass is 32.2. The van der Waals surface area contributed by atoms with E-state index in [1.807, 2.05) is 24.3 Å². The predicted molar refractivity (Wildman–Crippen MR) is 90.9 cm³/mol. The van der Waals surface area contributed by atoms with Gasteiger partial charge in [0.2, 0.25) is 21.5 Å². The molecule has 3 aromatic rings. The largest absolute Gasteiger partial charge is 0.502 e. The molecule has 2 aromatic heterocycles. The molecule has 0 bridgehead atoms. The lowest BCUT2D eigenvalue weighted by Crippen LogP contribution is -2.11. The fraction of sp³-hybridized carbons (Fsp3) is 0.125. The van der Waals surface area contributed by atoms with Gasteiger partial charge >= 0.3 is 5.97 Å². The van der Waals surface area contributed by atoms with E-state index in [9.17, 15) is 18.3 Å². The highest BCUT2D eigenvalue weighted by Crippen LogP contribution is 2.46. The van der Waals surface area contributed by atoms with Crippen LogP contribution in [0.15, 0.2) is 40.9 Å². The molecule has 25 heavy (non-hydrogen) atoms. The fourth-order valence-corrected chi connectivity index (χ4v) is 2.74. The number of fused-ring (bicyclic) bond motifs is 1. The smallest absolute Gasteiger partial charge is 0.308 e. The van der Waals surface area contributed by atoms with Crippen molar-refractivity contribution >= 4 is 32.8 Å². The first-order valence-corrected chi connectivity index (χ1v) is 9.01. The van der Waals surface area contributed by atoms with Crippen LogP contribution in [0, 0.1) is 0 Å². The molecule has 9 heteroatoms. The van der Waals surface area contributed by atoms with Gasteiger partial charge in [-0.25, -0.2) is 8.42 Å². The van der Waals surface area contributed by atoms with E-state index in [1.165, 1.54) is 6.20 Å². The van der Waals surface area contributed by atoms with Gasteiger partial charge in [0.05, 0.1) is 11.8 Å². The van der Waals surface area contributed by atoms with Crippen LogP contribution in [-0.2, 0) is 14.8 Å². The molecule has 0 atom stereocenters. The first kappa shape index (κ1) is 16.8. The zero-order valence-electron chi connectivity index (χ0n) is 13.3. The number of furan rings is 1. The predicted octanol–water partition coefficient (Wildman–Crippen LogP) is 2.50. The van der Waals surface area contributed by atoms with Crippen LogP contribution in [-0.4, -0.2) is 30.7 Å². The lowest BCUT2D eigenvalue weighted by atomic mass is 10.1. The van der Waals surface area contributed by atoms with Crippen LogP contribution in [0.25, 0.3) is 22.2 Å². The number of carbonyl (C=O) groups excluding carboxylic acids is 1. The Bertz CT molecular complexity index is 1070. The van der Waals surface area contributed by atoms with Crippen LogP contribution in [0.4, 0.5) is 5.88 Å². The molecule has 0 amide bonds. The first-order chi connectivity index (χ1) is 11.7. The van der Waals surface area contributed by atoms with E-state index in [0.717, 1.165) is 24.1 Å². The second-order valence-corrected chi connectivity index (χ2v) is 7.07. The third kappa shape index (κ3) is 3.56. The number of para-hydroxylation sites is 1. The third-order valence-corrected chi connectivity index (χ3v) is 3.77. The molecule has 8 nitrogen and oxygen atoms in total. The van der Waals surface area contributed by atoms with E-state index < -0.39 is 33.4 Å². The van der Waals surface area contributed by atoms with Gasteiger partial charge in [0.15, 0.2) is 5.76 Å². The van der Waals surface area contributed by atoms with Crippen molar-refractivity contribution in [3.05, 3.63) is 36.5 Å². The molecule has 0 aliphatic rings. The van der Waals surface area contributed by atoms with Crippen LogP contribution in [0.3, 0.4) is 0 Å².